The van der Waals surface area contributed by atoms with Gasteiger partial charge in [0.1, 0.15) is 0 Å². The smallest absolute Gasteiger partial charge is 0.257 e. The molecule has 3 nitrogen and oxygen atoms in total. The van der Waals surface area contributed by atoms with Crippen LogP contribution in [0.15, 0.2) is 58.0 Å². The van der Waals surface area contributed by atoms with Crippen LogP contribution in [0.1, 0.15) is 48.3 Å². The molecule has 0 radical (unpaired) electrons. The summed E-state index contributed by atoms with van der Waals surface area (Å²) in [6.45, 7) is 6.48. The van der Waals surface area contributed by atoms with Crippen molar-refractivity contribution in [1.29, 1.82) is 0 Å². The number of hydrogen-bond donors (Lipinski definition) is 1. The van der Waals surface area contributed by atoms with Crippen LogP contribution in [0.4, 0.5) is 0 Å². The summed E-state index contributed by atoms with van der Waals surface area (Å²) in [4.78, 5) is 17.1. The molecule has 0 saturated heterocycles. The number of amidine groups is 1. The molecule has 5 heteroatoms. The largest absolute Gasteiger partial charge is 0.301 e. The number of thioether (sulfide) groups is 1. The van der Waals surface area contributed by atoms with Gasteiger partial charge >= 0.3 is 0 Å². The van der Waals surface area contributed by atoms with Crippen LogP contribution >= 0.6 is 27.7 Å². The van der Waals surface area contributed by atoms with E-state index < -0.39 is 0 Å². The van der Waals surface area contributed by atoms with E-state index in [0.717, 1.165) is 15.8 Å². The van der Waals surface area contributed by atoms with Crippen LogP contribution in [0.25, 0.3) is 0 Å². The fourth-order valence-electron chi connectivity index (χ4n) is 2.59. The first-order valence-electron chi connectivity index (χ1n) is 8.21. The fourth-order valence-corrected chi connectivity index (χ4v) is 3.80. The number of carbonyl (C=O) groups excluding carboxylic acids is 1. The molecule has 0 bridgehead atoms. The molecule has 0 fully saturated rings. The predicted molar refractivity (Wildman–Crippen MR) is 109 cm³/mol. The summed E-state index contributed by atoms with van der Waals surface area (Å²) in [5.41, 5.74) is 3.11. The topological polar surface area (TPSA) is 41.5 Å². The lowest BCUT2D eigenvalue weighted by atomic mass is 9.87. The second kappa shape index (κ2) is 7.34. The van der Waals surface area contributed by atoms with Gasteiger partial charge in [-0.3, -0.25) is 9.79 Å². The number of nitrogens with one attached hydrogen (secondary N) is 1. The first kappa shape index (κ1) is 18.2. The average molecular weight is 417 g/mol. The minimum atomic E-state index is -0.108. The molecule has 1 aliphatic heterocycles. The molecule has 130 valence electrons. The first-order valence-corrected chi connectivity index (χ1v) is 9.99. The molecule has 1 aliphatic rings. The number of aliphatic imine (C=N–C) groups is 1. The Hall–Kier alpha value is -1.59. The lowest BCUT2D eigenvalue weighted by Crippen LogP contribution is -2.27. The maximum atomic E-state index is 12.4. The molecule has 0 saturated carbocycles. The third-order valence-corrected chi connectivity index (χ3v) is 5.63. The molecule has 1 amide bonds. The molecule has 1 heterocycles. The van der Waals surface area contributed by atoms with Gasteiger partial charge in [0.25, 0.3) is 5.91 Å². The van der Waals surface area contributed by atoms with Gasteiger partial charge in [-0.1, -0.05) is 72.7 Å². The number of rotatable bonds is 2. The van der Waals surface area contributed by atoms with E-state index in [1.165, 1.54) is 5.56 Å². The molecule has 25 heavy (non-hydrogen) atoms. The van der Waals surface area contributed by atoms with Gasteiger partial charge in [-0.15, -0.1) is 0 Å². The normalized spacial score (nSPS) is 17.3. The number of benzene rings is 2. The van der Waals surface area contributed by atoms with E-state index in [1.807, 2.05) is 36.4 Å². The zero-order chi connectivity index (χ0) is 18.0. The van der Waals surface area contributed by atoms with E-state index >= 15 is 0 Å². The third kappa shape index (κ3) is 4.53. The molecule has 1 atom stereocenters. The molecule has 0 aliphatic carbocycles. The standard InChI is InChI=1S/C20H21BrN2OS/c1-20(2,3)15-8-4-14(5-9-15)18(24)23-19-22-17(12-25-19)13-6-10-16(21)11-7-13/h4-11,17H,12H2,1-3H3,(H,22,23,24). The maximum Gasteiger partial charge on any atom is 0.257 e. The lowest BCUT2D eigenvalue weighted by molar-refractivity contribution is 0.0978. The van der Waals surface area contributed by atoms with Crippen molar-refractivity contribution in [2.75, 3.05) is 5.75 Å². The van der Waals surface area contributed by atoms with Crippen LogP contribution < -0.4 is 5.32 Å². The van der Waals surface area contributed by atoms with Gasteiger partial charge in [-0.2, -0.15) is 0 Å². The van der Waals surface area contributed by atoms with Crippen molar-refractivity contribution >= 4 is 38.8 Å². The SMILES string of the molecule is CC(C)(C)c1ccc(C(=O)NC2=NC(c3ccc(Br)cc3)CS2)cc1. The second-order valence-electron chi connectivity index (χ2n) is 7.09. The highest BCUT2D eigenvalue weighted by Crippen LogP contribution is 2.30. The van der Waals surface area contributed by atoms with Crippen molar-refractivity contribution in [3.63, 3.8) is 0 Å². The van der Waals surface area contributed by atoms with Gasteiger partial charge in [0.15, 0.2) is 5.17 Å². The Labute approximate surface area is 161 Å². The van der Waals surface area contributed by atoms with E-state index in [1.54, 1.807) is 11.8 Å². The van der Waals surface area contributed by atoms with Crippen LogP contribution in [0.5, 0.6) is 0 Å². The quantitative estimate of drug-likeness (QED) is 0.719. The van der Waals surface area contributed by atoms with Crippen molar-refractivity contribution in [2.24, 2.45) is 4.99 Å². The summed E-state index contributed by atoms with van der Waals surface area (Å²) >= 11 is 5.03. The highest BCUT2D eigenvalue weighted by atomic mass is 79.9. The average Bonchev–Trinajstić information content (AvgIpc) is 3.03. The lowest BCUT2D eigenvalue weighted by Gasteiger charge is -2.19. The number of amides is 1. The Kier molecular flexibility index (Phi) is 5.35. The molecule has 3 rings (SSSR count). The molecule has 0 aromatic heterocycles. The molecule has 1 N–H and O–H groups in total. The van der Waals surface area contributed by atoms with E-state index in [9.17, 15) is 4.79 Å². The minimum Gasteiger partial charge on any atom is -0.301 e. The first-order chi connectivity index (χ1) is 11.8. The van der Waals surface area contributed by atoms with Crippen molar-refractivity contribution in [3.05, 3.63) is 69.7 Å². The van der Waals surface area contributed by atoms with Crippen LogP contribution in [0, 0.1) is 0 Å². The molecular weight excluding hydrogens is 396 g/mol. The molecule has 2 aromatic rings. The Balaban J connectivity index is 1.67. The van der Waals surface area contributed by atoms with Gasteiger partial charge in [0, 0.05) is 15.8 Å². The summed E-state index contributed by atoms with van der Waals surface area (Å²) in [6.07, 6.45) is 0. The van der Waals surface area contributed by atoms with E-state index in [4.69, 9.17) is 0 Å². The molecule has 0 spiro atoms. The van der Waals surface area contributed by atoms with Crippen LogP contribution in [0.3, 0.4) is 0 Å². The van der Waals surface area contributed by atoms with Crippen LogP contribution in [-0.4, -0.2) is 16.8 Å². The van der Waals surface area contributed by atoms with Gasteiger partial charge in [-0.25, -0.2) is 0 Å². The summed E-state index contributed by atoms with van der Waals surface area (Å²) in [5, 5.41) is 3.62. The Bertz CT molecular complexity index is 792. The summed E-state index contributed by atoms with van der Waals surface area (Å²) in [6, 6.07) is 16.0. The Morgan fingerprint density at radius 1 is 1.12 bits per heavy atom. The fraction of sp³-hybridized carbons (Fsp3) is 0.300. The molecule has 1 unspecified atom stereocenters. The highest BCUT2D eigenvalue weighted by molar-refractivity contribution is 9.10. The number of hydrogen-bond acceptors (Lipinski definition) is 3. The minimum absolute atomic E-state index is 0.0816. The van der Waals surface area contributed by atoms with Crippen molar-refractivity contribution in [3.8, 4) is 0 Å². The zero-order valence-corrected chi connectivity index (χ0v) is 16.9. The summed E-state index contributed by atoms with van der Waals surface area (Å²) in [7, 11) is 0. The monoisotopic (exact) mass is 416 g/mol. The zero-order valence-electron chi connectivity index (χ0n) is 14.5. The van der Waals surface area contributed by atoms with Crippen molar-refractivity contribution < 1.29 is 4.79 Å². The van der Waals surface area contributed by atoms with Crippen LogP contribution in [0.2, 0.25) is 0 Å². The predicted octanol–water partition coefficient (Wildman–Crippen LogP) is 5.32. The third-order valence-electron chi connectivity index (χ3n) is 4.14. The number of nitrogens with zero attached hydrogens (tertiary/aromatic N) is 1. The molecular formula is C20H21BrN2OS. The number of halogens is 1. The summed E-state index contributed by atoms with van der Waals surface area (Å²) < 4.78 is 1.05. The molecule has 2 aromatic carbocycles. The Morgan fingerprint density at radius 3 is 2.36 bits per heavy atom. The van der Waals surface area contributed by atoms with E-state index in [2.05, 4.69) is 59.1 Å². The van der Waals surface area contributed by atoms with Crippen molar-refractivity contribution in [1.82, 2.24) is 5.32 Å². The second-order valence-corrected chi connectivity index (χ2v) is 9.02. The van der Waals surface area contributed by atoms with E-state index in [0.29, 0.717) is 10.7 Å². The number of carbonyl (C=O) groups is 1. The van der Waals surface area contributed by atoms with E-state index in [-0.39, 0.29) is 17.4 Å². The maximum absolute atomic E-state index is 12.4. The van der Waals surface area contributed by atoms with Gasteiger partial charge in [0.05, 0.1) is 6.04 Å². The Morgan fingerprint density at radius 2 is 1.76 bits per heavy atom. The van der Waals surface area contributed by atoms with Gasteiger partial charge < -0.3 is 5.32 Å². The highest BCUT2D eigenvalue weighted by Gasteiger charge is 2.22. The summed E-state index contributed by atoms with van der Waals surface area (Å²) in [5.74, 6) is 0.739. The van der Waals surface area contributed by atoms with Crippen molar-refractivity contribution in [2.45, 2.75) is 32.2 Å². The van der Waals surface area contributed by atoms with Crippen LogP contribution in [-0.2, 0) is 5.41 Å². The van der Waals surface area contributed by atoms with Gasteiger partial charge in [0.2, 0.25) is 0 Å². The van der Waals surface area contributed by atoms with Gasteiger partial charge in [-0.05, 0) is 40.8 Å².